The number of fused-ring (bicyclic) bond motifs is 1. The van der Waals surface area contributed by atoms with Crippen LogP contribution in [0.5, 0.6) is 11.5 Å². The Balaban J connectivity index is 2.15. The van der Waals surface area contributed by atoms with E-state index in [1.54, 1.807) is 26.0 Å². The molecule has 1 aliphatic carbocycles. The van der Waals surface area contributed by atoms with Crippen molar-refractivity contribution in [3.63, 3.8) is 0 Å². The van der Waals surface area contributed by atoms with Crippen molar-refractivity contribution >= 4 is 17.5 Å². The molecule has 1 unspecified atom stereocenters. The lowest BCUT2D eigenvalue weighted by Gasteiger charge is -2.34. The van der Waals surface area contributed by atoms with Gasteiger partial charge >= 0.3 is 5.97 Å². The number of ether oxygens (including phenoxy) is 1. The van der Waals surface area contributed by atoms with Gasteiger partial charge in [-0.25, -0.2) is 0 Å². The Labute approximate surface area is 161 Å². The summed E-state index contributed by atoms with van der Waals surface area (Å²) in [6, 6.07) is 1.30. The Morgan fingerprint density at radius 1 is 1.29 bits per heavy atom. The van der Waals surface area contributed by atoms with E-state index >= 15 is 0 Å². The maximum atomic E-state index is 13.1. The molecule has 7 heteroatoms. The lowest BCUT2D eigenvalue weighted by molar-refractivity contribution is -0.141. The van der Waals surface area contributed by atoms with Gasteiger partial charge in [-0.2, -0.15) is 0 Å². The van der Waals surface area contributed by atoms with Crippen LogP contribution in [0, 0.1) is 0 Å². The zero-order valence-corrected chi connectivity index (χ0v) is 15.9. The van der Waals surface area contributed by atoms with Crippen LogP contribution < -0.4 is 0 Å². The van der Waals surface area contributed by atoms with Gasteiger partial charge in [0.15, 0.2) is 11.6 Å². The van der Waals surface area contributed by atoms with E-state index in [4.69, 9.17) is 9.84 Å². The average Bonchev–Trinajstić information content (AvgIpc) is 2.60. The second-order valence-corrected chi connectivity index (χ2v) is 7.15. The first-order valence-electron chi connectivity index (χ1n) is 9.08. The summed E-state index contributed by atoms with van der Waals surface area (Å²) in [7, 11) is 0. The molecular weight excluding hydrogens is 364 g/mol. The second kappa shape index (κ2) is 7.24. The normalized spacial score (nSPS) is 23.0. The summed E-state index contributed by atoms with van der Waals surface area (Å²) in [5, 5.41) is 30.2. The Kier molecular flexibility index (Phi) is 5.12. The molecule has 28 heavy (non-hydrogen) atoms. The Morgan fingerprint density at radius 2 is 1.96 bits per heavy atom. The SMILES string of the molecule is C/C=C\C(C)c1cc(O)c2c(c1O)C(=O)C1=C(C[C@@H](CC(=O)O)O[C@@H]1C)C2=O. The number of carboxylic acids is 1. The molecule has 3 atom stereocenters. The minimum atomic E-state index is -1.07. The molecule has 1 aliphatic heterocycles. The number of carboxylic acid groups (broad SMARTS) is 1. The van der Waals surface area contributed by atoms with Crippen LogP contribution >= 0.6 is 0 Å². The van der Waals surface area contributed by atoms with E-state index in [0.29, 0.717) is 5.56 Å². The van der Waals surface area contributed by atoms with Crippen LogP contribution in [0.2, 0.25) is 0 Å². The van der Waals surface area contributed by atoms with Crippen LogP contribution in [0.1, 0.15) is 65.8 Å². The van der Waals surface area contributed by atoms with Gasteiger partial charge in [0.1, 0.15) is 11.5 Å². The number of benzene rings is 1. The van der Waals surface area contributed by atoms with Crippen molar-refractivity contribution in [3.8, 4) is 11.5 Å². The summed E-state index contributed by atoms with van der Waals surface area (Å²) in [5.74, 6) is -3.21. The van der Waals surface area contributed by atoms with Crippen molar-refractivity contribution in [2.75, 3.05) is 0 Å². The minimum Gasteiger partial charge on any atom is -0.507 e. The van der Waals surface area contributed by atoms with Gasteiger partial charge in [0, 0.05) is 29.0 Å². The molecule has 0 spiro atoms. The molecule has 3 N–H and O–H groups in total. The first-order chi connectivity index (χ1) is 13.2. The van der Waals surface area contributed by atoms with Gasteiger partial charge in [0.05, 0.1) is 29.8 Å². The Bertz CT molecular complexity index is 939. The largest absolute Gasteiger partial charge is 0.507 e. The molecule has 1 aromatic carbocycles. The number of Topliss-reactive ketones (excluding diaryl/α,β-unsaturated/α-hetero) is 2. The summed E-state index contributed by atoms with van der Waals surface area (Å²) in [4.78, 5) is 37.2. The number of hydrogen-bond acceptors (Lipinski definition) is 6. The average molecular weight is 386 g/mol. The van der Waals surface area contributed by atoms with Crippen LogP contribution in [-0.2, 0) is 9.53 Å². The standard InChI is InChI=1S/C21H22O7/c1-4-5-9(2)12-8-14(22)17-18(19(12)25)21(27)16-10(3)28-11(7-15(23)24)6-13(16)20(17)26/h4-5,8-11,22,25H,6-7H2,1-3H3,(H,23,24)/b5-4-/t9?,10-,11+/m1/s1. The van der Waals surface area contributed by atoms with Crippen molar-refractivity contribution in [3.05, 3.63) is 46.1 Å². The molecule has 0 amide bonds. The van der Waals surface area contributed by atoms with Crippen LogP contribution in [0.25, 0.3) is 0 Å². The van der Waals surface area contributed by atoms with Crippen LogP contribution in [-0.4, -0.2) is 45.1 Å². The highest BCUT2D eigenvalue weighted by atomic mass is 16.5. The van der Waals surface area contributed by atoms with Crippen molar-refractivity contribution in [2.45, 2.75) is 51.7 Å². The quantitative estimate of drug-likeness (QED) is 0.537. The van der Waals surface area contributed by atoms with Crippen molar-refractivity contribution in [1.82, 2.24) is 0 Å². The van der Waals surface area contributed by atoms with Crippen molar-refractivity contribution in [1.29, 1.82) is 0 Å². The number of aliphatic carboxylic acids is 1. The molecule has 1 aromatic rings. The molecule has 148 valence electrons. The highest BCUT2D eigenvalue weighted by molar-refractivity contribution is 6.29. The predicted octanol–water partition coefficient (Wildman–Crippen LogP) is 3.11. The summed E-state index contributed by atoms with van der Waals surface area (Å²) >= 11 is 0. The number of allylic oxidation sites excluding steroid dienone is 2. The first-order valence-corrected chi connectivity index (χ1v) is 9.08. The maximum Gasteiger partial charge on any atom is 0.305 e. The highest BCUT2D eigenvalue weighted by Crippen LogP contribution is 2.45. The lowest BCUT2D eigenvalue weighted by Crippen LogP contribution is -2.38. The highest BCUT2D eigenvalue weighted by Gasteiger charge is 2.43. The van der Waals surface area contributed by atoms with Gasteiger partial charge in [0.25, 0.3) is 0 Å². The smallest absolute Gasteiger partial charge is 0.305 e. The zero-order chi connectivity index (χ0) is 20.7. The number of carbonyl (C=O) groups excluding carboxylic acids is 2. The number of rotatable bonds is 4. The topological polar surface area (TPSA) is 121 Å². The van der Waals surface area contributed by atoms with E-state index in [2.05, 4.69) is 0 Å². The number of phenols is 2. The third-order valence-corrected chi connectivity index (χ3v) is 5.22. The van der Waals surface area contributed by atoms with Crippen LogP contribution in [0.3, 0.4) is 0 Å². The van der Waals surface area contributed by atoms with Gasteiger partial charge in [-0.1, -0.05) is 19.1 Å². The number of aromatic hydroxyl groups is 2. The third kappa shape index (κ3) is 3.11. The summed E-state index contributed by atoms with van der Waals surface area (Å²) in [5.41, 5.74) is 0.145. The summed E-state index contributed by atoms with van der Waals surface area (Å²) in [6.07, 6.45) is 1.71. The van der Waals surface area contributed by atoms with Gasteiger partial charge in [-0.15, -0.1) is 0 Å². The molecule has 1 heterocycles. The van der Waals surface area contributed by atoms with Crippen LogP contribution in [0.4, 0.5) is 0 Å². The fourth-order valence-electron chi connectivity index (χ4n) is 3.99. The van der Waals surface area contributed by atoms with Gasteiger partial charge in [-0.3, -0.25) is 14.4 Å². The fourth-order valence-corrected chi connectivity index (χ4v) is 3.99. The molecule has 2 aliphatic rings. The van der Waals surface area contributed by atoms with E-state index in [9.17, 15) is 24.6 Å². The van der Waals surface area contributed by atoms with E-state index in [1.807, 2.05) is 6.92 Å². The molecule has 0 bridgehead atoms. The van der Waals surface area contributed by atoms with Gasteiger partial charge in [-0.05, 0) is 19.9 Å². The molecule has 7 nitrogen and oxygen atoms in total. The molecule has 3 rings (SSSR count). The molecule has 0 fully saturated rings. The first kappa shape index (κ1) is 19.8. The zero-order valence-electron chi connectivity index (χ0n) is 15.9. The maximum absolute atomic E-state index is 13.1. The van der Waals surface area contributed by atoms with E-state index < -0.39 is 29.7 Å². The Morgan fingerprint density at radius 3 is 2.57 bits per heavy atom. The minimum absolute atomic E-state index is 0.0348. The second-order valence-electron chi connectivity index (χ2n) is 7.15. The predicted molar refractivity (Wildman–Crippen MR) is 99.9 cm³/mol. The number of hydrogen-bond donors (Lipinski definition) is 3. The third-order valence-electron chi connectivity index (χ3n) is 5.22. The van der Waals surface area contributed by atoms with Gasteiger partial charge < -0.3 is 20.1 Å². The van der Waals surface area contributed by atoms with Crippen molar-refractivity contribution in [2.24, 2.45) is 0 Å². The number of ketones is 2. The number of phenolic OH excluding ortho intramolecular Hbond substituents is 2. The van der Waals surface area contributed by atoms with E-state index in [-0.39, 0.29) is 52.5 Å². The van der Waals surface area contributed by atoms with Crippen LogP contribution in [0.15, 0.2) is 29.4 Å². The Hall–Kier alpha value is -2.93. The van der Waals surface area contributed by atoms with Crippen molar-refractivity contribution < 1.29 is 34.4 Å². The molecule has 0 saturated heterocycles. The fraction of sp³-hybridized carbons (Fsp3) is 0.381. The van der Waals surface area contributed by atoms with E-state index in [1.165, 1.54) is 6.07 Å². The monoisotopic (exact) mass is 386 g/mol. The molecular formula is C21H22O7. The molecule has 0 radical (unpaired) electrons. The summed E-state index contributed by atoms with van der Waals surface area (Å²) < 4.78 is 5.62. The lowest BCUT2D eigenvalue weighted by atomic mass is 9.76. The molecule has 0 aromatic heterocycles. The van der Waals surface area contributed by atoms with E-state index in [0.717, 1.165) is 0 Å². The van der Waals surface area contributed by atoms with Gasteiger partial charge in [0.2, 0.25) is 0 Å². The molecule has 0 saturated carbocycles. The number of carbonyl (C=O) groups is 3. The summed E-state index contributed by atoms with van der Waals surface area (Å²) in [6.45, 7) is 5.18.